The molecule has 0 bridgehead atoms. The third-order valence-electron chi connectivity index (χ3n) is 12.1. The lowest BCUT2D eigenvalue weighted by Crippen LogP contribution is -2.32. The van der Waals surface area contributed by atoms with E-state index in [1.54, 1.807) is 61.5 Å². The van der Waals surface area contributed by atoms with Crippen LogP contribution in [0.3, 0.4) is 0 Å². The molecule has 6 rings (SSSR count). The van der Waals surface area contributed by atoms with Gasteiger partial charge in [0.15, 0.2) is 17.9 Å². The van der Waals surface area contributed by atoms with Crippen molar-refractivity contribution < 1.29 is 27.5 Å². The Morgan fingerprint density at radius 1 is 0.726 bits per heavy atom. The van der Waals surface area contributed by atoms with E-state index >= 15 is 4.79 Å². The molecule has 0 spiro atoms. The Hall–Kier alpha value is -7.39. The van der Waals surface area contributed by atoms with E-state index in [9.17, 15) is 18.0 Å². The summed E-state index contributed by atoms with van der Waals surface area (Å²) in [6.45, 7) is 4.08. The van der Waals surface area contributed by atoms with Crippen LogP contribution >= 0.6 is 0 Å². The van der Waals surface area contributed by atoms with Gasteiger partial charge in [0.2, 0.25) is 5.91 Å². The number of amides is 2. The van der Waals surface area contributed by atoms with Gasteiger partial charge in [-0.3, -0.25) is 19.0 Å². The van der Waals surface area contributed by atoms with E-state index < -0.39 is 27.4 Å². The lowest BCUT2D eigenvalue weighted by atomic mass is 10.0. The van der Waals surface area contributed by atoms with Crippen molar-refractivity contribution in [1.82, 2.24) is 14.3 Å². The molecular weight excluding hydrogens is 939 g/mol. The Kier molecular flexibility index (Phi) is 21.5. The van der Waals surface area contributed by atoms with Crippen LogP contribution in [0.1, 0.15) is 122 Å². The zero-order chi connectivity index (χ0) is 51.8. The maximum atomic E-state index is 15.3. The number of hydrogen-bond acceptors (Lipinski definition) is 11. The Labute approximate surface area is 430 Å². The number of aliphatic imine (C=N–C) groups is 2. The maximum Gasteiger partial charge on any atom is 0.278 e. The summed E-state index contributed by atoms with van der Waals surface area (Å²) < 4.78 is 42.5. The van der Waals surface area contributed by atoms with Crippen molar-refractivity contribution in [3.63, 3.8) is 0 Å². The molecule has 73 heavy (non-hydrogen) atoms. The highest BCUT2D eigenvalue weighted by Gasteiger charge is 2.26. The first-order chi connectivity index (χ1) is 35.5. The predicted octanol–water partition coefficient (Wildman–Crippen LogP) is 12.7. The summed E-state index contributed by atoms with van der Waals surface area (Å²) in [6, 6.07) is 34.5. The van der Waals surface area contributed by atoms with Crippen LogP contribution in [0, 0.1) is 0 Å². The molecule has 0 saturated carbocycles. The second-order valence-corrected chi connectivity index (χ2v) is 19.7. The number of carbonyl (C=O) groups is 2. The number of unbranched alkanes of at least 4 members (excludes halogenated alkanes) is 13. The Balaban J connectivity index is 1.36. The second-order valence-electron chi connectivity index (χ2n) is 18.0. The quantitative estimate of drug-likeness (QED) is 0.0263. The summed E-state index contributed by atoms with van der Waals surface area (Å²) in [5.74, 6) is -0.936. The number of sulfonamides is 1. The van der Waals surface area contributed by atoms with Crippen molar-refractivity contribution in [3.05, 3.63) is 143 Å². The molecule has 0 saturated heterocycles. The Bertz CT molecular complexity index is 3010. The van der Waals surface area contributed by atoms with Crippen LogP contribution in [0.25, 0.3) is 23.2 Å². The summed E-state index contributed by atoms with van der Waals surface area (Å²) in [6.07, 6.45) is 21.3. The van der Waals surface area contributed by atoms with Crippen LogP contribution in [0.15, 0.2) is 141 Å². The zero-order valence-corrected chi connectivity index (χ0v) is 43.4. The highest BCUT2D eigenvalue weighted by atomic mass is 32.2. The fourth-order valence-corrected chi connectivity index (χ4v) is 9.05. The van der Waals surface area contributed by atoms with E-state index in [2.05, 4.69) is 22.0 Å². The van der Waals surface area contributed by atoms with Crippen molar-refractivity contribution in [1.29, 1.82) is 0 Å². The lowest BCUT2D eigenvalue weighted by Gasteiger charge is -2.17. The number of nitrogens with zero attached hydrogens (tertiary/aromatic N) is 5. The lowest BCUT2D eigenvalue weighted by molar-refractivity contribution is -0.119. The van der Waals surface area contributed by atoms with Crippen LogP contribution in [0.4, 0.5) is 22.7 Å². The number of carbonyl (C=O) groups excluding carboxylic acids is 2. The highest BCUT2D eigenvalue weighted by Crippen LogP contribution is 2.34. The topological polar surface area (TPSA) is 174 Å². The molecule has 0 radical (unpaired) electrons. The zero-order valence-electron chi connectivity index (χ0n) is 42.6. The molecule has 14 nitrogen and oxygen atoms in total. The van der Waals surface area contributed by atoms with E-state index in [4.69, 9.17) is 19.5 Å². The number of para-hydroxylation sites is 2. The molecule has 0 aliphatic rings. The molecule has 384 valence electrons. The summed E-state index contributed by atoms with van der Waals surface area (Å²) in [7, 11) is -0.614. The number of nitrogens with one attached hydrogen (secondary N) is 2. The van der Waals surface area contributed by atoms with Gasteiger partial charge in [-0.25, -0.2) is 28.1 Å². The van der Waals surface area contributed by atoms with E-state index in [1.807, 2.05) is 73.6 Å². The summed E-state index contributed by atoms with van der Waals surface area (Å²) in [5.41, 5.74) is 1.60. The molecule has 0 atom stereocenters. The number of rotatable bonds is 29. The second kappa shape index (κ2) is 28.6. The van der Waals surface area contributed by atoms with Crippen molar-refractivity contribution in [2.24, 2.45) is 9.98 Å². The van der Waals surface area contributed by atoms with Gasteiger partial charge in [-0.15, -0.1) is 0 Å². The largest absolute Gasteiger partial charge is 0.491 e. The molecular formula is C58H69N7O7S. The highest BCUT2D eigenvalue weighted by molar-refractivity contribution is 7.90. The molecule has 2 N–H and O–H groups in total. The van der Waals surface area contributed by atoms with Crippen molar-refractivity contribution >= 4 is 79.9 Å². The molecule has 0 aliphatic heterocycles. The molecule has 2 amide bonds. The van der Waals surface area contributed by atoms with Crippen molar-refractivity contribution in [2.75, 3.05) is 30.9 Å². The van der Waals surface area contributed by atoms with Gasteiger partial charge < -0.3 is 19.7 Å². The number of benzene rings is 5. The minimum absolute atomic E-state index is 0.0122. The third kappa shape index (κ3) is 16.8. The average molecular weight is 1010 g/mol. The molecule has 1 heterocycles. The van der Waals surface area contributed by atoms with Crippen LogP contribution in [-0.4, -0.2) is 62.6 Å². The summed E-state index contributed by atoms with van der Waals surface area (Å²) in [4.78, 5) is 58.3. The number of anilines is 2. The van der Waals surface area contributed by atoms with E-state index in [0.29, 0.717) is 28.9 Å². The first kappa shape index (κ1) is 54.9. The van der Waals surface area contributed by atoms with E-state index in [-0.39, 0.29) is 40.0 Å². The van der Waals surface area contributed by atoms with Crippen LogP contribution in [0.5, 0.6) is 11.5 Å². The minimum atomic E-state index is -4.37. The predicted molar refractivity (Wildman–Crippen MR) is 296 cm³/mol. The van der Waals surface area contributed by atoms with Gasteiger partial charge >= 0.3 is 0 Å². The molecule has 5 aromatic carbocycles. The van der Waals surface area contributed by atoms with Gasteiger partial charge in [0.05, 0.1) is 39.5 Å². The van der Waals surface area contributed by atoms with Gasteiger partial charge in [-0.1, -0.05) is 158 Å². The molecule has 1 aromatic heterocycles. The standard InChI is InChI=1S/C58H69N7O7S/c1-5-7-8-9-10-11-12-13-14-15-16-17-18-27-40-71-53-37-35-47(73(69,70)63-54(66)6-2)42-52(53)62-57(67)55(60-50-36-34-45(64(3)4)41-51(50)59-43-72-46-30-23-20-24-31-46)56-61-49-33-26-25-32-48(49)58(68)65(56)39-38-44-28-21-19-22-29-44/h19-26,28-39,41-43H,5-18,27,40H2,1-4H3,(H,62,67)(H,63,66)/b39-38+,59-43?,60-55?. The molecule has 15 heteroatoms. The number of aromatic nitrogens is 2. The van der Waals surface area contributed by atoms with Crippen molar-refractivity contribution in [2.45, 2.75) is 115 Å². The third-order valence-corrected chi connectivity index (χ3v) is 13.5. The number of hydrogen-bond donors (Lipinski definition) is 2. The average Bonchev–Trinajstić information content (AvgIpc) is 3.39. The van der Waals surface area contributed by atoms with Gasteiger partial charge in [0.25, 0.3) is 21.5 Å². The SMILES string of the molecule is CCCCCCCCCCCCCCCCOc1ccc(S(=O)(=O)NC(=O)CC)cc1NC(=O)C(=Nc1ccc(N(C)C)cc1N=COc1ccccc1)c1nc2ccccc2c(=O)n1/C=C/c1ccccc1. The van der Waals surface area contributed by atoms with Gasteiger partial charge in [0.1, 0.15) is 11.5 Å². The van der Waals surface area contributed by atoms with Crippen LogP contribution < -0.4 is 30.0 Å². The van der Waals surface area contributed by atoms with Gasteiger partial charge in [0, 0.05) is 32.4 Å². The van der Waals surface area contributed by atoms with Crippen LogP contribution in [0.2, 0.25) is 0 Å². The minimum Gasteiger partial charge on any atom is -0.491 e. The number of ether oxygens (including phenoxy) is 2. The van der Waals surface area contributed by atoms with Crippen molar-refractivity contribution in [3.8, 4) is 11.5 Å². The molecule has 6 aromatic rings. The molecule has 0 unspecified atom stereocenters. The smallest absolute Gasteiger partial charge is 0.278 e. The number of fused-ring (bicyclic) bond motifs is 1. The first-order valence-corrected chi connectivity index (χ1v) is 27.0. The fraction of sp³-hybridized carbons (Fsp3) is 0.345. The fourth-order valence-electron chi connectivity index (χ4n) is 7.97. The normalized spacial score (nSPS) is 11.9. The first-order valence-electron chi connectivity index (χ1n) is 25.5. The maximum absolute atomic E-state index is 15.3. The van der Waals surface area contributed by atoms with E-state index in [1.165, 1.54) is 99.6 Å². The van der Waals surface area contributed by atoms with Crippen LogP contribution in [-0.2, 0) is 19.6 Å². The molecule has 0 aliphatic carbocycles. The molecule has 0 fully saturated rings. The summed E-state index contributed by atoms with van der Waals surface area (Å²) in [5, 5.41) is 3.17. The van der Waals surface area contributed by atoms with Gasteiger partial charge in [-0.2, -0.15) is 0 Å². The Morgan fingerprint density at radius 2 is 1.36 bits per heavy atom. The Morgan fingerprint density at radius 3 is 2.01 bits per heavy atom. The monoisotopic (exact) mass is 1010 g/mol. The summed E-state index contributed by atoms with van der Waals surface area (Å²) >= 11 is 0. The van der Waals surface area contributed by atoms with E-state index in [0.717, 1.165) is 36.9 Å². The van der Waals surface area contributed by atoms with Gasteiger partial charge in [-0.05, 0) is 78.7 Å².